The third kappa shape index (κ3) is 3.35. The quantitative estimate of drug-likeness (QED) is 0.838. The summed E-state index contributed by atoms with van der Waals surface area (Å²) in [6.45, 7) is 2.10. The van der Waals surface area contributed by atoms with Crippen molar-refractivity contribution in [1.29, 1.82) is 0 Å². The van der Waals surface area contributed by atoms with Crippen LogP contribution in [0.1, 0.15) is 31.7 Å². The molecule has 2 aromatic rings. The summed E-state index contributed by atoms with van der Waals surface area (Å²) in [6.07, 6.45) is 8.10. The van der Waals surface area contributed by atoms with Crippen LogP contribution < -0.4 is 5.32 Å². The predicted octanol–water partition coefficient (Wildman–Crippen LogP) is 4.30. The maximum Gasteiger partial charge on any atom is 0.223 e. The lowest BCUT2D eigenvalue weighted by Crippen LogP contribution is -2.38. The van der Waals surface area contributed by atoms with E-state index in [9.17, 15) is 4.79 Å². The Morgan fingerprint density at radius 3 is 3.05 bits per heavy atom. The average Bonchev–Trinajstić information content (AvgIpc) is 2.91. The van der Waals surface area contributed by atoms with Gasteiger partial charge in [0, 0.05) is 16.7 Å². The first-order valence-electron chi connectivity index (χ1n) is 7.64. The number of amides is 1. The maximum absolute atomic E-state index is 12.3. The van der Waals surface area contributed by atoms with Crippen LogP contribution in [0.5, 0.6) is 0 Å². The lowest BCUT2D eigenvalue weighted by atomic mass is 9.93. The van der Waals surface area contributed by atoms with Gasteiger partial charge in [0.15, 0.2) is 0 Å². The number of carbonyl (C=O) groups is 1. The molecule has 1 aromatic carbocycles. The normalized spacial score (nSPS) is 19.6. The summed E-state index contributed by atoms with van der Waals surface area (Å²) in [5.74, 6) is 0.378. The monoisotopic (exact) mass is 299 g/mol. The molecule has 3 rings (SSSR count). The molecule has 3 heteroatoms. The van der Waals surface area contributed by atoms with Gasteiger partial charge >= 0.3 is 0 Å². The maximum atomic E-state index is 12.3. The van der Waals surface area contributed by atoms with Crippen LogP contribution >= 0.6 is 11.3 Å². The van der Waals surface area contributed by atoms with Gasteiger partial charge < -0.3 is 5.32 Å². The van der Waals surface area contributed by atoms with Gasteiger partial charge in [-0.25, -0.2) is 0 Å². The highest BCUT2D eigenvalue weighted by atomic mass is 32.1. The molecular weight excluding hydrogens is 278 g/mol. The average molecular weight is 299 g/mol. The van der Waals surface area contributed by atoms with Gasteiger partial charge in [-0.3, -0.25) is 4.79 Å². The molecule has 1 aliphatic carbocycles. The molecule has 1 amide bonds. The molecule has 21 heavy (non-hydrogen) atoms. The van der Waals surface area contributed by atoms with Crippen LogP contribution in [0, 0.1) is 5.92 Å². The van der Waals surface area contributed by atoms with E-state index >= 15 is 0 Å². The van der Waals surface area contributed by atoms with Crippen LogP contribution in [0.15, 0.2) is 41.8 Å². The Kier molecular flexibility index (Phi) is 4.39. The number of thiophene rings is 1. The van der Waals surface area contributed by atoms with Crippen molar-refractivity contribution in [1.82, 2.24) is 5.32 Å². The zero-order valence-electron chi connectivity index (χ0n) is 12.3. The molecule has 0 radical (unpaired) electrons. The lowest BCUT2D eigenvalue weighted by molar-refractivity contribution is -0.125. The fourth-order valence-electron chi connectivity index (χ4n) is 2.96. The van der Waals surface area contributed by atoms with Crippen molar-refractivity contribution in [3.05, 3.63) is 47.4 Å². The van der Waals surface area contributed by atoms with Crippen molar-refractivity contribution < 1.29 is 4.79 Å². The Bertz CT molecular complexity index is 658. The molecule has 0 bridgehead atoms. The summed E-state index contributed by atoms with van der Waals surface area (Å²) in [4.78, 5) is 12.3. The smallest absolute Gasteiger partial charge is 0.223 e. The summed E-state index contributed by atoms with van der Waals surface area (Å²) in [7, 11) is 0. The zero-order chi connectivity index (χ0) is 14.7. The molecule has 0 fully saturated rings. The predicted molar refractivity (Wildman–Crippen MR) is 89.6 cm³/mol. The van der Waals surface area contributed by atoms with E-state index in [0.29, 0.717) is 0 Å². The van der Waals surface area contributed by atoms with Gasteiger partial charge in [-0.1, -0.05) is 30.4 Å². The number of rotatable bonds is 4. The minimum absolute atomic E-state index is 0.164. The second-order valence-electron chi connectivity index (χ2n) is 5.85. The number of nitrogens with one attached hydrogen (secondary N) is 1. The Morgan fingerprint density at radius 2 is 2.24 bits per heavy atom. The number of hydrogen-bond acceptors (Lipinski definition) is 2. The number of allylic oxidation sites excluding steroid dienone is 2. The zero-order valence-corrected chi connectivity index (χ0v) is 13.2. The van der Waals surface area contributed by atoms with Crippen LogP contribution in [-0.2, 0) is 11.2 Å². The molecule has 0 unspecified atom stereocenters. The van der Waals surface area contributed by atoms with E-state index in [1.165, 1.54) is 15.6 Å². The molecule has 1 aromatic heterocycles. The fourth-order valence-corrected chi connectivity index (χ4v) is 3.94. The highest BCUT2D eigenvalue weighted by molar-refractivity contribution is 7.17. The molecule has 2 nitrogen and oxygen atoms in total. The second kappa shape index (κ2) is 6.44. The van der Waals surface area contributed by atoms with E-state index in [2.05, 4.69) is 54.0 Å². The molecule has 1 N–H and O–H groups in total. The Hall–Kier alpha value is -1.61. The van der Waals surface area contributed by atoms with Crippen LogP contribution in [-0.4, -0.2) is 11.9 Å². The van der Waals surface area contributed by atoms with E-state index < -0.39 is 0 Å². The number of hydrogen-bond donors (Lipinski definition) is 1. The first kappa shape index (κ1) is 14.3. The van der Waals surface area contributed by atoms with Crippen molar-refractivity contribution in [2.75, 3.05) is 0 Å². The summed E-state index contributed by atoms with van der Waals surface area (Å²) in [5, 5.41) is 6.73. The minimum atomic E-state index is 0.164. The van der Waals surface area contributed by atoms with Crippen molar-refractivity contribution in [3.63, 3.8) is 0 Å². The third-order valence-corrected chi connectivity index (χ3v) is 5.13. The largest absolute Gasteiger partial charge is 0.353 e. The first-order valence-corrected chi connectivity index (χ1v) is 8.52. The van der Waals surface area contributed by atoms with Gasteiger partial charge in [0.1, 0.15) is 0 Å². The van der Waals surface area contributed by atoms with Gasteiger partial charge in [-0.2, -0.15) is 0 Å². The van der Waals surface area contributed by atoms with Crippen molar-refractivity contribution in [3.8, 4) is 0 Å². The molecule has 0 saturated carbocycles. The van der Waals surface area contributed by atoms with Gasteiger partial charge in [0.2, 0.25) is 5.91 Å². The Morgan fingerprint density at radius 1 is 1.38 bits per heavy atom. The lowest BCUT2D eigenvalue weighted by Gasteiger charge is -2.20. The van der Waals surface area contributed by atoms with Crippen molar-refractivity contribution in [2.24, 2.45) is 5.92 Å². The summed E-state index contributed by atoms with van der Waals surface area (Å²) in [5.41, 5.74) is 1.34. The van der Waals surface area contributed by atoms with Crippen LogP contribution in [0.25, 0.3) is 10.1 Å². The van der Waals surface area contributed by atoms with E-state index in [1.54, 1.807) is 11.3 Å². The van der Waals surface area contributed by atoms with Gasteiger partial charge in [0.25, 0.3) is 0 Å². The van der Waals surface area contributed by atoms with E-state index in [0.717, 1.165) is 25.7 Å². The Labute approximate surface area is 129 Å². The summed E-state index contributed by atoms with van der Waals surface area (Å²) >= 11 is 1.78. The van der Waals surface area contributed by atoms with Crippen molar-refractivity contribution >= 4 is 27.3 Å². The molecule has 1 aliphatic rings. The summed E-state index contributed by atoms with van der Waals surface area (Å²) in [6, 6.07) is 8.66. The van der Waals surface area contributed by atoms with Crippen LogP contribution in [0.2, 0.25) is 0 Å². The number of carbonyl (C=O) groups excluding carboxylic acids is 1. The van der Waals surface area contributed by atoms with Crippen LogP contribution in [0.4, 0.5) is 0 Å². The molecule has 0 saturated heterocycles. The molecule has 2 atom stereocenters. The SMILES string of the molecule is C[C@@H](Cc1csc2ccccc12)NC(=O)[C@@H]1CC=CCC1. The van der Waals surface area contributed by atoms with E-state index in [1.807, 2.05) is 0 Å². The second-order valence-corrected chi connectivity index (χ2v) is 6.76. The minimum Gasteiger partial charge on any atom is -0.353 e. The molecular formula is C18H21NOS. The highest BCUT2D eigenvalue weighted by Crippen LogP contribution is 2.26. The number of fused-ring (bicyclic) bond motifs is 1. The fraction of sp³-hybridized carbons (Fsp3) is 0.389. The highest BCUT2D eigenvalue weighted by Gasteiger charge is 2.20. The van der Waals surface area contributed by atoms with Crippen molar-refractivity contribution in [2.45, 2.75) is 38.6 Å². The topological polar surface area (TPSA) is 29.1 Å². The Balaban J connectivity index is 1.62. The molecule has 0 aliphatic heterocycles. The standard InChI is InChI=1S/C18H21NOS/c1-13(19-18(20)14-7-3-2-4-8-14)11-15-12-21-17-10-6-5-9-16(15)17/h2-3,5-6,9-10,12-14H,4,7-8,11H2,1H3,(H,19,20)/t13-,14+/m0/s1. The molecule has 0 spiro atoms. The van der Waals surface area contributed by atoms with Crippen LogP contribution in [0.3, 0.4) is 0 Å². The van der Waals surface area contributed by atoms with E-state index in [4.69, 9.17) is 0 Å². The van der Waals surface area contributed by atoms with E-state index in [-0.39, 0.29) is 17.9 Å². The third-order valence-electron chi connectivity index (χ3n) is 4.12. The number of benzene rings is 1. The van der Waals surface area contributed by atoms with Gasteiger partial charge in [-0.15, -0.1) is 11.3 Å². The molecule has 1 heterocycles. The first-order chi connectivity index (χ1) is 10.2. The van der Waals surface area contributed by atoms with Gasteiger partial charge in [0.05, 0.1) is 0 Å². The molecule has 110 valence electrons. The van der Waals surface area contributed by atoms with Gasteiger partial charge in [-0.05, 0) is 55.0 Å². The summed E-state index contributed by atoms with van der Waals surface area (Å²) < 4.78 is 1.32.